The second-order valence-corrected chi connectivity index (χ2v) is 5.84. The summed E-state index contributed by atoms with van der Waals surface area (Å²) in [5, 5.41) is 3.26. The van der Waals surface area contributed by atoms with Gasteiger partial charge in [0.05, 0.1) is 9.83 Å². The van der Waals surface area contributed by atoms with E-state index in [0.717, 1.165) is 9.35 Å². The second kappa shape index (κ2) is 4.95. The molecule has 2 rings (SSSR count). The van der Waals surface area contributed by atoms with E-state index in [1.54, 1.807) is 17.5 Å². The fraction of sp³-hybridized carbons (Fsp3) is 0.182. The molecule has 0 radical (unpaired) electrons. The molecule has 0 aliphatic rings. The van der Waals surface area contributed by atoms with Gasteiger partial charge < -0.3 is 11.1 Å². The predicted molar refractivity (Wildman–Crippen MR) is 71.6 cm³/mol. The molecule has 0 amide bonds. The van der Waals surface area contributed by atoms with E-state index in [0.29, 0.717) is 5.82 Å². The summed E-state index contributed by atoms with van der Waals surface area (Å²) in [6.07, 6.45) is 1.70. The molecular formula is C11H12BrN3S. The average molecular weight is 298 g/mol. The SMILES string of the molecule is CNC(c1ccc(Br)s1)c1cccnc1N. The van der Waals surface area contributed by atoms with Crippen LogP contribution in [0.1, 0.15) is 16.5 Å². The number of nitrogens with two attached hydrogens (primary N) is 1. The van der Waals surface area contributed by atoms with Crippen molar-refractivity contribution in [1.29, 1.82) is 0 Å². The minimum absolute atomic E-state index is 0.102. The van der Waals surface area contributed by atoms with Gasteiger partial charge in [0.25, 0.3) is 0 Å². The van der Waals surface area contributed by atoms with Gasteiger partial charge in [-0.1, -0.05) is 6.07 Å². The molecule has 16 heavy (non-hydrogen) atoms. The normalized spacial score (nSPS) is 12.6. The minimum atomic E-state index is 0.102. The van der Waals surface area contributed by atoms with Gasteiger partial charge >= 0.3 is 0 Å². The molecule has 3 N–H and O–H groups in total. The molecule has 0 fully saturated rings. The highest BCUT2D eigenvalue weighted by atomic mass is 79.9. The third-order valence-corrected chi connectivity index (χ3v) is 4.04. The van der Waals surface area contributed by atoms with Gasteiger partial charge in [-0.25, -0.2) is 4.98 Å². The zero-order chi connectivity index (χ0) is 11.5. The Morgan fingerprint density at radius 2 is 2.25 bits per heavy atom. The maximum atomic E-state index is 5.88. The zero-order valence-electron chi connectivity index (χ0n) is 8.77. The molecule has 0 saturated heterocycles. The van der Waals surface area contributed by atoms with Crippen LogP contribution in [0.15, 0.2) is 34.2 Å². The van der Waals surface area contributed by atoms with Gasteiger partial charge in [0.2, 0.25) is 0 Å². The quantitative estimate of drug-likeness (QED) is 0.916. The van der Waals surface area contributed by atoms with E-state index in [1.165, 1.54) is 4.88 Å². The van der Waals surface area contributed by atoms with Crippen molar-refractivity contribution in [2.45, 2.75) is 6.04 Å². The number of anilines is 1. The van der Waals surface area contributed by atoms with Gasteiger partial charge in [-0.2, -0.15) is 0 Å². The molecule has 5 heteroatoms. The number of nitrogens with one attached hydrogen (secondary N) is 1. The fourth-order valence-corrected chi connectivity index (χ4v) is 3.16. The Kier molecular flexibility index (Phi) is 3.58. The van der Waals surface area contributed by atoms with Gasteiger partial charge in [0, 0.05) is 16.6 Å². The number of hydrogen-bond donors (Lipinski definition) is 2. The van der Waals surface area contributed by atoms with Gasteiger partial charge in [-0.05, 0) is 41.2 Å². The maximum absolute atomic E-state index is 5.88. The molecule has 84 valence electrons. The molecule has 0 aliphatic carbocycles. The van der Waals surface area contributed by atoms with Crippen molar-refractivity contribution in [3.8, 4) is 0 Å². The van der Waals surface area contributed by atoms with E-state index in [-0.39, 0.29) is 6.04 Å². The average Bonchev–Trinajstić information content (AvgIpc) is 2.69. The second-order valence-electron chi connectivity index (χ2n) is 3.34. The Hall–Kier alpha value is -0.910. The predicted octanol–water partition coefficient (Wildman–Crippen LogP) is 2.80. The molecule has 0 saturated carbocycles. The molecule has 0 aromatic carbocycles. The summed E-state index contributed by atoms with van der Waals surface area (Å²) in [6, 6.07) is 8.12. The van der Waals surface area contributed by atoms with Gasteiger partial charge in [0.1, 0.15) is 5.82 Å². The van der Waals surface area contributed by atoms with E-state index in [2.05, 4.69) is 32.3 Å². The standard InChI is InChI=1S/C11H12BrN3S/c1-14-10(8-4-5-9(12)16-8)7-3-2-6-15-11(7)13/h2-6,10,14H,1H3,(H2,13,15). The highest BCUT2D eigenvalue weighted by molar-refractivity contribution is 9.11. The van der Waals surface area contributed by atoms with Gasteiger partial charge in [0.15, 0.2) is 0 Å². The lowest BCUT2D eigenvalue weighted by atomic mass is 10.1. The number of halogens is 1. The molecule has 1 atom stereocenters. The molecule has 1 unspecified atom stereocenters. The van der Waals surface area contributed by atoms with Crippen molar-refractivity contribution >= 4 is 33.1 Å². The van der Waals surface area contributed by atoms with Crippen molar-refractivity contribution < 1.29 is 0 Å². The van der Waals surface area contributed by atoms with Crippen LogP contribution < -0.4 is 11.1 Å². The van der Waals surface area contributed by atoms with E-state index in [4.69, 9.17) is 5.73 Å². The topological polar surface area (TPSA) is 50.9 Å². The van der Waals surface area contributed by atoms with Gasteiger partial charge in [-0.15, -0.1) is 11.3 Å². The Labute approximate surface area is 107 Å². The maximum Gasteiger partial charge on any atom is 0.128 e. The highest BCUT2D eigenvalue weighted by Gasteiger charge is 2.16. The first kappa shape index (κ1) is 11.6. The van der Waals surface area contributed by atoms with Crippen molar-refractivity contribution in [2.75, 3.05) is 12.8 Å². The highest BCUT2D eigenvalue weighted by Crippen LogP contribution is 2.32. The number of thiophene rings is 1. The molecule has 2 heterocycles. The molecule has 2 aromatic rings. The molecule has 2 aromatic heterocycles. The van der Waals surface area contributed by atoms with Crippen molar-refractivity contribution in [3.05, 3.63) is 44.7 Å². The Morgan fingerprint density at radius 1 is 1.44 bits per heavy atom. The lowest BCUT2D eigenvalue weighted by Crippen LogP contribution is -2.18. The number of pyridine rings is 1. The number of hydrogen-bond acceptors (Lipinski definition) is 4. The van der Waals surface area contributed by atoms with Crippen LogP contribution in [0.2, 0.25) is 0 Å². The zero-order valence-corrected chi connectivity index (χ0v) is 11.2. The largest absolute Gasteiger partial charge is 0.383 e. The first-order valence-corrected chi connectivity index (χ1v) is 6.46. The summed E-state index contributed by atoms with van der Waals surface area (Å²) in [7, 11) is 1.92. The van der Waals surface area contributed by atoms with Crippen molar-refractivity contribution in [1.82, 2.24) is 10.3 Å². The van der Waals surface area contributed by atoms with E-state index >= 15 is 0 Å². The van der Waals surface area contributed by atoms with Crippen LogP contribution >= 0.6 is 27.3 Å². The van der Waals surface area contributed by atoms with Crippen LogP contribution in [-0.4, -0.2) is 12.0 Å². The lowest BCUT2D eigenvalue weighted by molar-refractivity contribution is 0.703. The van der Waals surface area contributed by atoms with E-state index in [1.807, 2.05) is 25.2 Å². The van der Waals surface area contributed by atoms with Crippen molar-refractivity contribution in [2.24, 2.45) is 0 Å². The summed E-state index contributed by atoms with van der Waals surface area (Å²) in [5.74, 6) is 0.575. The van der Waals surface area contributed by atoms with Crippen LogP contribution in [0.5, 0.6) is 0 Å². The van der Waals surface area contributed by atoms with E-state index < -0.39 is 0 Å². The van der Waals surface area contributed by atoms with Crippen LogP contribution in [0.4, 0.5) is 5.82 Å². The van der Waals surface area contributed by atoms with Crippen molar-refractivity contribution in [3.63, 3.8) is 0 Å². The summed E-state index contributed by atoms with van der Waals surface area (Å²) in [5.41, 5.74) is 6.90. The Bertz CT molecular complexity index is 484. The van der Waals surface area contributed by atoms with Gasteiger partial charge in [-0.3, -0.25) is 0 Å². The Morgan fingerprint density at radius 3 is 2.81 bits per heavy atom. The number of aromatic nitrogens is 1. The van der Waals surface area contributed by atoms with E-state index in [9.17, 15) is 0 Å². The molecule has 0 bridgehead atoms. The number of nitrogens with zero attached hydrogens (tertiary/aromatic N) is 1. The smallest absolute Gasteiger partial charge is 0.128 e. The minimum Gasteiger partial charge on any atom is -0.383 e. The summed E-state index contributed by atoms with van der Waals surface area (Å²) in [6.45, 7) is 0. The Balaban J connectivity index is 2.40. The monoisotopic (exact) mass is 297 g/mol. The third-order valence-electron chi connectivity index (χ3n) is 2.35. The molecular weight excluding hydrogens is 286 g/mol. The number of nitrogen functional groups attached to an aromatic ring is 1. The molecule has 0 spiro atoms. The first-order chi connectivity index (χ1) is 7.72. The van der Waals surface area contributed by atoms with Crippen LogP contribution in [0, 0.1) is 0 Å². The van der Waals surface area contributed by atoms with Crippen LogP contribution in [0.3, 0.4) is 0 Å². The summed E-state index contributed by atoms with van der Waals surface area (Å²) in [4.78, 5) is 5.33. The third kappa shape index (κ3) is 2.26. The first-order valence-electron chi connectivity index (χ1n) is 4.85. The molecule has 0 aliphatic heterocycles. The summed E-state index contributed by atoms with van der Waals surface area (Å²) < 4.78 is 1.12. The lowest BCUT2D eigenvalue weighted by Gasteiger charge is -2.16. The summed E-state index contributed by atoms with van der Waals surface area (Å²) >= 11 is 5.16. The van der Waals surface area contributed by atoms with Crippen LogP contribution in [0.25, 0.3) is 0 Å². The van der Waals surface area contributed by atoms with Crippen LogP contribution in [-0.2, 0) is 0 Å². The number of rotatable bonds is 3. The fourth-order valence-electron chi connectivity index (χ4n) is 1.61. The molecule has 3 nitrogen and oxygen atoms in total.